The Kier molecular flexibility index (Phi) is 19.0. The van der Waals surface area contributed by atoms with Crippen LogP contribution < -0.4 is 0 Å². The summed E-state index contributed by atoms with van der Waals surface area (Å²) < 4.78 is 45.2. The standard InChI is InChI=1S/C20H42O6S/c1-3-5-6-7-8-9-10-11-12-13-14-15-16-24-17-18-25-19-20(4-2)26-27(21,22)23/h20H,3-19H2,1-2H3,(H,21,22,23). The first-order valence-corrected chi connectivity index (χ1v) is 12.2. The minimum atomic E-state index is -4.42. The first-order chi connectivity index (χ1) is 13.0. The topological polar surface area (TPSA) is 82.1 Å². The fraction of sp³-hybridized carbons (Fsp3) is 1.00. The second-order valence-corrected chi connectivity index (χ2v) is 8.18. The molecule has 0 aliphatic heterocycles. The highest BCUT2D eigenvalue weighted by molar-refractivity contribution is 7.80. The van der Waals surface area contributed by atoms with Crippen molar-refractivity contribution >= 4 is 10.4 Å². The van der Waals surface area contributed by atoms with E-state index in [0.29, 0.717) is 19.6 Å². The zero-order valence-electron chi connectivity index (χ0n) is 17.5. The number of rotatable bonds is 21. The molecule has 27 heavy (non-hydrogen) atoms. The predicted octanol–water partition coefficient (Wildman–Crippen LogP) is 5.32. The van der Waals surface area contributed by atoms with Crippen molar-refractivity contribution in [3.63, 3.8) is 0 Å². The van der Waals surface area contributed by atoms with Gasteiger partial charge in [-0.3, -0.25) is 4.55 Å². The van der Waals surface area contributed by atoms with Gasteiger partial charge in [0, 0.05) is 6.61 Å². The fourth-order valence-corrected chi connectivity index (χ4v) is 3.40. The molecule has 0 bridgehead atoms. The maximum atomic E-state index is 10.6. The lowest BCUT2D eigenvalue weighted by Gasteiger charge is -2.13. The van der Waals surface area contributed by atoms with Crippen molar-refractivity contribution in [2.24, 2.45) is 0 Å². The second-order valence-electron chi connectivity index (χ2n) is 7.13. The molecule has 1 N–H and O–H groups in total. The first-order valence-electron chi connectivity index (χ1n) is 10.8. The molecule has 1 atom stereocenters. The minimum absolute atomic E-state index is 0.123. The second kappa shape index (κ2) is 19.1. The van der Waals surface area contributed by atoms with E-state index < -0.39 is 16.5 Å². The van der Waals surface area contributed by atoms with E-state index in [2.05, 4.69) is 11.1 Å². The molecule has 0 aliphatic carbocycles. The van der Waals surface area contributed by atoms with Crippen LogP contribution in [0.25, 0.3) is 0 Å². The largest absolute Gasteiger partial charge is 0.397 e. The molecule has 164 valence electrons. The maximum Gasteiger partial charge on any atom is 0.397 e. The molecule has 0 radical (unpaired) electrons. The van der Waals surface area contributed by atoms with Crippen LogP contribution in [0.4, 0.5) is 0 Å². The van der Waals surface area contributed by atoms with Crippen molar-refractivity contribution < 1.29 is 26.6 Å². The molecule has 1 unspecified atom stereocenters. The van der Waals surface area contributed by atoms with Gasteiger partial charge in [-0.05, 0) is 12.8 Å². The third-order valence-electron chi connectivity index (χ3n) is 4.53. The van der Waals surface area contributed by atoms with Crippen molar-refractivity contribution in [2.75, 3.05) is 26.4 Å². The summed E-state index contributed by atoms with van der Waals surface area (Å²) in [5, 5.41) is 0. The van der Waals surface area contributed by atoms with Crippen LogP contribution in [-0.2, 0) is 24.1 Å². The molecule has 0 fully saturated rings. The van der Waals surface area contributed by atoms with E-state index in [1.807, 2.05) is 0 Å². The van der Waals surface area contributed by atoms with E-state index in [9.17, 15) is 8.42 Å². The molecule has 0 aliphatic rings. The Hall–Kier alpha value is -0.210. The molecule has 7 heteroatoms. The summed E-state index contributed by atoms with van der Waals surface area (Å²) in [6, 6.07) is 0. The van der Waals surface area contributed by atoms with Gasteiger partial charge in [-0.1, -0.05) is 84.5 Å². The van der Waals surface area contributed by atoms with Crippen LogP contribution in [0.1, 0.15) is 97.3 Å². The predicted molar refractivity (Wildman–Crippen MR) is 109 cm³/mol. The zero-order valence-corrected chi connectivity index (χ0v) is 18.3. The molecule has 0 rings (SSSR count). The zero-order chi connectivity index (χ0) is 20.2. The van der Waals surface area contributed by atoms with Crippen LogP contribution >= 0.6 is 0 Å². The third kappa shape index (κ3) is 21.9. The van der Waals surface area contributed by atoms with Crippen LogP contribution in [0.15, 0.2) is 0 Å². The molecule has 0 spiro atoms. The van der Waals surface area contributed by atoms with Gasteiger partial charge in [0.05, 0.1) is 19.8 Å². The van der Waals surface area contributed by atoms with Gasteiger partial charge in [0.15, 0.2) is 0 Å². The van der Waals surface area contributed by atoms with Crippen molar-refractivity contribution in [3.8, 4) is 0 Å². The lowest BCUT2D eigenvalue weighted by Crippen LogP contribution is -2.23. The summed E-state index contributed by atoms with van der Waals surface area (Å²) in [5.41, 5.74) is 0. The Balaban J connectivity index is 3.23. The summed E-state index contributed by atoms with van der Waals surface area (Å²) in [4.78, 5) is 0. The highest BCUT2D eigenvalue weighted by Crippen LogP contribution is 2.11. The van der Waals surface area contributed by atoms with E-state index in [-0.39, 0.29) is 6.61 Å². The Bertz CT molecular complexity index is 399. The van der Waals surface area contributed by atoms with Crippen molar-refractivity contribution in [3.05, 3.63) is 0 Å². The van der Waals surface area contributed by atoms with E-state index in [0.717, 1.165) is 13.0 Å². The molecule has 0 aromatic rings. The molecular weight excluding hydrogens is 368 g/mol. The molecule has 0 saturated heterocycles. The fourth-order valence-electron chi connectivity index (χ4n) is 2.87. The summed E-state index contributed by atoms with van der Waals surface area (Å²) in [5.74, 6) is 0. The molecule has 0 saturated carbocycles. The van der Waals surface area contributed by atoms with Crippen LogP contribution in [0.3, 0.4) is 0 Å². The molecule has 0 heterocycles. The Morgan fingerprint density at radius 1 is 0.704 bits per heavy atom. The number of hydrogen-bond acceptors (Lipinski definition) is 5. The van der Waals surface area contributed by atoms with Gasteiger partial charge in [0.2, 0.25) is 0 Å². The van der Waals surface area contributed by atoms with Crippen LogP contribution in [0, 0.1) is 0 Å². The third-order valence-corrected chi connectivity index (χ3v) is 5.05. The van der Waals surface area contributed by atoms with Gasteiger partial charge in [-0.15, -0.1) is 0 Å². The molecular formula is C20H42O6S. The summed E-state index contributed by atoms with van der Waals surface area (Å²) in [6.07, 6.45) is 15.7. The summed E-state index contributed by atoms with van der Waals surface area (Å²) >= 11 is 0. The Morgan fingerprint density at radius 3 is 1.67 bits per heavy atom. The van der Waals surface area contributed by atoms with Crippen molar-refractivity contribution in [1.82, 2.24) is 0 Å². The first kappa shape index (κ1) is 26.8. The van der Waals surface area contributed by atoms with Crippen molar-refractivity contribution in [2.45, 2.75) is 103 Å². The van der Waals surface area contributed by atoms with Gasteiger partial charge in [-0.25, -0.2) is 4.18 Å². The van der Waals surface area contributed by atoms with Gasteiger partial charge in [0.25, 0.3) is 0 Å². The van der Waals surface area contributed by atoms with E-state index in [1.165, 1.54) is 70.6 Å². The molecule has 0 aromatic heterocycles. The van der Waals surface area contributed by atoms with Gasteiger partial charge >= 0.3 is 10.4 Å². The highest BCUT2D eigenvalue weighted by atomic mass is 32.3. The highest BCUT2D eigenvalue weighted by Gasteiger charge is 2.15. The molecule has 0 amide bonds. The van der Waals surface area contributed by atoms with E-state index >= 15 is 0 Å². The van der Waals surface area contributed by atoms with Crippen LogP contribution in [0.2, 0.25) is 0 Å². The van der Waals surface area contributed by atoms with Gasteiger partial charge in [0.1, 0.15) is 6.10 Å². The normalized spacial score (nSPS) is 13.1. The molecule has 6 nitrogen and oxygen atoms in total. The summed E-state index contributed by atoms with van der Waals surface area (Å²) in [6.45, 7) is 5.76. The SMILES string of the molecule is CCCCCCCCCCCCCCOCCOCC(CC)OS(=O)(=O)O. The molecule has 0 aromatic carbocycles. The van der Waals surface area contributed by atoms with Gasteiger partial charge < -0.3 is 9.47 Å². The lowest BCUT2D eigenvalue weighted by atomic mass is 10.1. The lowest BCUT2D eigenvalue weighted by molar-refractivity contribution is 0.00900. The number of unbranched alkanes of at least 4 members (excludes halogenated alkanes) is 11. The average Bonchev–Trinajstić information content (AvgIpc) is 2.62. The van der Waals surface area contributed by atoms with Crippen molar-refractivity contribution in [1.29, 1.82) is 0 Å². The summed E-state index contributed by atoms with van der Waals surface area (Å²) in [7, 11) is -4.42. The quantitative estimate of drug-likeness (QED) is 0.204. The smallest absolute Gasteiger partial charge is 0.379 e. The Morgan fingerprint density at radius 2 is 1.19 bits per heavy atom. The number of ether oxygens (including phenoxy) is 2. The van der Waals surface area contributed by atoms with E-state index in [1.54, 1.807) is 6.92 Å². The van der Waals surface area contributed by atoms with Gasteiger partial charge in [-0.2, -0.15) is 8.42 Å². The minimum Gasteiger partial charge on any atom is -0.379 e. The Labute approximate surface area is 167 Å². The van der Waals surface area contributed by atoms with E-state index in [4.69, 9.17) is 14.0 Å². The number of hydrogen-bond donors (Lipinski definition) is 1. The average molecular weight is 411 g/mol. The maximum absolute atomic E-state index is 10.6. The van der Waals surface area contributed by atoms with Crippen LogP contribution in [-0.4, -0.2) is 45.5 Å². The monoisotopic (exact) mass is 410 g/mol. The van der Waals surface area contributed by atoms with Crippen LogP contribution in [0.5, 0.6) is 0 Å².